The maximum absolute atomic E-state index is 4.72. The van der Waals surface area contributed by atoms with Gasteiger partial charge < -0.3 is 5.32 Å². The van der Waals surface area contributed by atoms with Gasteiger partial charge in [-0.05, 0) is 39.3 Å². The van der Waals surface area contributed by atoms with Gasteiger partial charge in [0, 0.05) is 4.88 Å². The molecule has 2 rings (SSSR count). The highest BCUT2D eigenvalue weighted by molar-refractivity contribution is 7.11. The zero-order chi connectivity index (χ0) is 13.8. The number of benzene rings is 1. The molecule has 2 nitrogen and oxygen atoms in total. The van der Waals surface area contributed by atoms with Crippen LogP contribution in [0.4, 0.5) is 0 Å². The number of rotatable bonds is 5. The van der Waals surface area contributed by atoms with Gasteiger partial charge in [-0.1, -0.05) is 36.8 Å². The van der Waals surface area contributed by atoms with E-state index in [0.717, 1.165) is 18.7 Å². The van der Waals surface area contributed by atoms with Gasteiger partial charge in [-0.3, -0.25) is 0 Å². The van der Waals surface area contributed by atoms with Gasteiger partial charge in [-0.25, -0.2) is 4.98 Å². The summed E-state index contributed by atoms with van der Waals surface area (Å²) in [5.41, 5.74) is 3.74. The fraction of sp³-hybridized carbons (Fsp3) is 0.438. The fourth-order valence-electron chi connectivity index (χ4n) is 2.02. The van der Waals surface area contributed by atoms with E-state index < -0.39 is 0 Å². The molecule has 3 heteroatoms. The molecule has 1 heterocycles. The van der Waals surface area contributed by atoms with Crippen LogP contribution in [0.25, 0.3) is 0 Å². The second-order valence-corrected chi connectivity index (χ2v) is 6.23. The van der Waals surface area contributed by atoms with Gasteiger partial charge in [0.25, 0.3) is 0 Å². The summed E-state index contributed by atoms with van der Waals surface area (Å²) in [5.74, 6) is 0. The van der Waals surface area contributed by atoms with Gasteiger partial charge in [0.05, 0.1) is 11.7 Å². The van der Waals surface area contributed by atoms with Crippen LogP contribution in [0.2, 0.25) is 0 Å². The van der Waals surface area contributed by atoms with Gasteiger partial charge >= 0.3 is 0 Å². The van der Waals surface area contributed by atoms with Crippen molar-refractivity contribution in [3.8, 4) is 0 Å². The average Bonchev–Trinajstić information content (AvgIpc) is 2.72. The van der Waals surface area contributed by atoms with E-state index in [1.165, 1.54) is 21.0 Å². The van der Waals surface area contributed by atoms with E-state index in [0.29, 0.717) is 0 Å². The van der Waals surface area contributed by atoms with E-state index >= 15 is 0 Å². The molecule has 0 saturated heterocycles. The predicted molar refractivity (Wildman–Crippen MR) is 82.9 cm³/mol. The van der Waals surface area contributed by atoms with Crippen LogP contribution in [-0.2, 0) is 0 Å². The van der Waals surface area contributed by atoms with E-state index in [-0.39, 0.29) is 6.04 Å². The second kappa shape index (κ2) is 6.31. The summed E-state index contributed by atoms with van der Waals surface area (Å²) in [4.78, 5) is 6.03. The normalized spacial score (nSPS) is 12.6. The van der Waals surface area contributed by atoms with Crippen LogP contribution >= 0.6 is 11.3 Å². The Labute approximate surface area is 119 Å². The van der Waals surface area contributed by atoms with Crippen molar-refractivity contribution in [3.05, 3.63) is 51.0 Å². The number of thiazole rings is 1. The smallest absolute Gasteiger partial charge is 0.115 e. The highest BCUT2D eigenvalue weighted by atomic mass is 32.1. The van der Waals surface area contributed by atoms with Crippen molar-refractivity contribution in [2.45, 2.75) is 40.2 Å². The van der Waals surface area contributed by atoms with Crippen molar-refractivity contribution in [2.75, 3.05) is 6.54 Å². The number of hydrogen-bond acceptors (Lipinski definition) is 3. The molecule has 0 aliphatic rings. The molecule has 0 aliphatic heterocycles. The summed E-state index contributed by atoms with van der Waals surface area (Å²) < 4.78 is 0. The first-order chi connectivity index (χ1) is 9.11. The molecule has 0 aliphatic carbocycles. The Morgan fingerprint density at radius 1 is 1.16 bits per heavy atom. The van der Waals surface area contributed by atoms with Crippen molar-refractivity contribution in [1.29, 1.82) is 0 Å². The maximum Gasteiger partial charge on any atom is 0.115 e. The highest BCUT2D eigenvalue weighted by Gasteiger charge is 2.17. The largest absolute Gasteiger partial charge is 0.304 e. The fourth-order valence-corrected chi connectivity index (χ4v) is 3.04. The van der Waals surface area contributed by atoms with E-state index in [2.05, 4.69) is 57.3 Å². The number of aryl methyl sites for hydroxylation is 3. The summed E-state index contributed by atoms with van der Waals surface area (Å²) in [6.45, 7) is 9.55. The Hall–Kier alpha value is -1.19. The van der Waals surface area contributed by atoms with Gasteiger partial charge in [0.1, 0.15) is 5.01 Å². The third-order valence-electron chi connectivity index (χ3n) is 3.30. The lowest BCUT2D eigenvalue weighted by Crippen LogP contribution is -2.23. The summed E-state index contributed by atoms with van der Waals surface area (Å²) in [6, 6.07) is 8.97. The molecule has 1 atom stereocenters. The van der Waals surface area contributed by atoms with Crippen molar-refractivity contribution >= 4 is 11.3 Å². The van der Waals surface area contributed by atoms with Crippen molar-refractivity contribution in [1.82, 2.24) is 10.3 Å². The van der Waals surface area contributed by atoms with Crippen LogP contribution in [0.3, 0.4) is 0 Å². The van der Waals surface area contributed by atoms with Crippen LogP contribution in [-0.4, -0.2) is 11.5 Å². The Balaban J connectivity index is 2.32. The maximum atomic E-state index is 4.72. The Morgan fingerprint density at radius 2 is 1.84 bits per heavy atom. The Kier molecular flexibility index (Phi) is 4.72. The van der Waals surface area contributed by atoms with Crippen LogP contribution in [0.5, 0.6) is 0 Å². The monoisotopic (exact) mass is 274 g/mol. The molecular weight excluding hydrogens is 252 g/mol. The lowest BCUT2D eigenvalue weighted by Gasteiger charge is -2.16. The lowest BCUT2D eigenvalue weighted by molar-refractivity contribution is 0.595. The van der Waals surface area contributed by atoms with Gasteiger partial charge in [-0.15, -0.1) is 11.3 Å². The average molecular weight is 274 g/mol. The van der Waals surface area contributed by atoms with Crippen molar-refractivity contribution in [3.63, 3.8) is 0 Å². The summed E-state index contributed by atoms with van der Waals surface area (Å²) in [6.07, 6.45) is 1.13. The molecule has 1 N–H and O–H groups in total. The van der Waals surface area contributed by atoms with Crippen LogP contribution in [0.1, 0.15) is 46.1 Å². The van der Waals surface area contributed by atoms with Crippen molar-refractivity contribution < 1.29 is 0 Å². The third-order valence-corrected chi connectivity index (χ3v) is 4.44. The van der Waals surface area contributed by atoms with Gasteiger partial charge in [0.15, 0.2) is 0 Å². The van der Waals surface area contributed by atoms with E-state index in [4.69, 9.17) is 4.98 Å². The lowest BCUT2D eigenvalue weighted by atomic mass is 10.1. The minimum Gasteiger partial charge on any atom is -0.304 e. The molecular formula is C16H22N2S. The third kappa shape index (κ3) is 3.43. The molecule has 0 fully saturated rings. The van der Waals surface area contributed by atoms with E-state index in [1.54, 1.807) is 11.3 Å². The molecule has 0 amide bonds. The van der Waals surface area contributed by atoms with Gasteiger partial charge in [-0.2, -0.15) is 0 Å². The van der Waals surface area contributed by atoms with E-state index in [1.807, 2.05) is 0 Å². The first-order valence-corrected chi connectivity index (χ1v) is 7.67. The minimum atomic E-state index is 0.220. The first kappa shape index (κ1) is 14.2. The zero-order valence-electron chi connectivity index (χ0n) is 12.2. The second-order valence-electron chi connectivity index (χ2n) is 4.99. The van der Waals surface area contributed by atoms with Crippen molar-refractivity contribution in [2.24, 2.45) is 0 Å². The van der Waals surface area contributed by atoms with Crippen LogP contribution in [0.15, 0.2) is 24.3 Å². The number of aromatic nitrogens is 1. The molecule has 1 unspecified atom stereocenters. The number of hydrogen-bond donors (Lipinski definition) is 1. The minimum absolute atomic E-state index is 0.220. The molecule has 102 valence electrons. The van der Waals surface area contributed by atoms with Crippen LogP contribution in [0, 0.1) is 20.8 Å². The van der Waals surface area contributed by atoms with Gasteiger partial charge in [0.2, 0.25) is 0 Å². The van der Waals surface area contributed by atoms with Crippen LogP contribution < -0.4 is 5.32 Å². The number of nitrogens with zero attached hydrogens (tertiary/aromatic N) is 1. The Bertz CT molecular complexity index is 509. The molecule has 0 saturated carbocycles. The molecule has 19 heavy (non-hydrogen) atoms. The molecule has 1 aromatic heterocycles. The zero-order valence-corrected chi connectivity index (χ0v) is 13.0. The first-order valence-electron chi connectivity index (χ1n) is 6.85. The SMILES string of the molecule is CCCNC(c1ccc(C)cc1)c1nc(C)c(C)s1. The molecule has 1 aromatic carbocycles. The number of nitrogens with one attached hydrogen (secondary N) is 1. The summed E-state index contributed by atoms with van der Waals surface area (Å²) in [5, 5.41) is 4.78. The highest BCUT2D eigenvalue weighted by Crippen LogP contribution is 2.28. The Morgan fingerprint density at radius 3 is 2.37 bits per heavy atom. The predicted octanol–water partition coefficient (Wildman–Crippen LogP) is 4.16. The molecule has 2 aromatic rings. The summed E-state index contributed by atoms with van der Waals surface area (Å²) >= 11 is 1.80. The molecule has 0 bridgehead atoms. The van der Waals surface area contributed by atoms with E-state index in [9.17, 15) is 0 Å². The quantitative estimate of drug-likeness (QED) is 0.885. The molecule has 0 radical (unpaired) electrons. The standard InChI is InChI=1S/C16H22N2S/c1-5-10-17-15(14-8-6-11(2)7-9-14)16-18-12(3)13(4)19-16/h6-9,15,17H,5,10H2,1-4H3. The topological polar surface area (TPSA) is 24.9 Å². The molecule has 0 spiro atoms. The summed E-state index contributed by atoms with van der Waals surface area (Å²) in [7, 11) is 0.